The van der Waals surface area contributed by atoms with E-state index in [1.165, 1.54) is 54.5 Å². The predicted molar refractivity (Wildman–Crippen MR) is 130 cm³/mol. The molecule has 176 valence electrons. The first-order valence-corrected chi connectivity index (χ1v) is 11.1. The van der Waals surface area contributed by atoms with Gasteiger partial charge in [-0.2, -0.15) is 0 Å². The maximum Gasteiger partial charge on any atom is 0.294 e. The molecular formula is C26H16Cl2FNO5. The minimum atomic E-state index is -1.08. The van der Waals surface area contributed by atoms with Crippen molar-refractivity contribution in [2.45, 2.75) is 6.04 Å². The zero-order chi connectivity index (χ0) is 24.9. The standard InChI is InChI=1S/C26H16Cl2FNO5/c1-34-19-4-2-3-14-12-20(35-25(14)19)23(31)21-22(13-5-10-17(27)18(28)11-13)30(26(33)24(21)32)16-8-6-15(29)7-9-16/h2-12,22,32H,1H3. The number of aliphatic hydroxyl groups excluding tert-OH is 1. The summed E-state index contributed by atoms with van der Waals surface area (Å²) in [5.41, 5.74) is 0.825. The number of para-hydroxylation sites is 1. The third-order valence-corrected chi connectivity index (χ3v) is 6.51. The topological polar surface area (TPSA) is 80.0 Å². The Labute approximate surface area is 208 Å². The van der Waals surface area contributed by atoms with E-state index in [1.807, 2.05) is 0 Å². The predicted octanol–water partition coefficient (Wildman–Crippen LogP) is 6.67. The fourth-order valence-electron chi connectivity index (χ4n) is 4.14. The lowest BCUT2D eigenvalue weighted by Crippen LogP contribution is -2.31. The summed E-state index contributed by atoms with van der Waals surface area (Å²) >= 11 is 12.3. The third-order valence-electron chi connectivity index (χ3n) is 5.77. The third kappa shape index (κ3) is 3.83. The first-order valence-electron chi connectivity index (χ1n) is 10.4. The Bertz CT molecular complexity index is 1530. The highest BCUT2D eigenvalue weighted by Gasteiger charge is 2.45. The van der Waals surface area contributed by atoms with Crippen LogP contribution in [0.25, 0.3) is 11.0 Å². The van der Waals surface area contributed by atoms with Crippen molar-refractivity contribution in [1.29, 1.82) is 0 Å². The summed E-state index contributed by atoms with van der Waals surface area (Å²) < 4.78 is 24.7. The SMILES string of the molecule is COc1cccc2cc(C(=O)C3=C(O)C(=O)N(c4ccc(F)cc4)C3c3ccc(Cl)c(Cl)c3)oc12. The molecule has 2 heterocycles. The van der Waals surface area contributed by atoms with Crippen LogP contribution in [0.4, 0.5) is 10.1 Å². The lowest BCUT2D eigenvalue weighted by atomic mass is 9.94. The summed E-state index contributed by atoms with van der Waals surface area (Å²) in [5.74, 6) is -2.44. The first-order chi connectivity index (χ1) is 16.8. The smallest absolute Gasteiger partial charge is 0.294 e. The number of ether oxygens (including phenoxy) is 1. The summed E-state index contributed by atoms with van der Waals surface area (Å²) in [4.78, 5) is 28.1. The number of ketones is 1. The number of aliphatic hydroxyl groups is 1. The average molecular weight is 512 g/mol. The molecule has 1 aliphatic heterocycles. The van der Waals surface area contributed by atoms with Gasteiger partial charge >= 0.3 is 0 Å². The highest BCUT2D eigenvalue weighted by Crippen LogP contribution is 2.43. The number of hydrogen-bond acceptors (Lipinski definition) is 5. The molecule has 0 saturated carbocycles. The van der Waals surface area contributed by atoms with Crippen LogP contribution in [0.5, 0.6) is 5.75 Å². The van der Waals surface area contributed by atoms with E-state index in [1.54, 1.807) is 24.3 Å². The highest BCUT2D eigenvalue weighted by atomic mass is 35.5. The van der Waals surface area contributed by atoms with Crippen molar-refractivity contribution >= 4 is 51.5 Å². The van der Waals surface area contributed by atoms with Crippen LogP contribution >= 0.6 is 23.2 Å². The summed E-state index contributed by atoms with van der Waals surface area (Å²) in [6.45, 7) is 0. The van der Waals surface area contributed by atoms with Crippen LogP contribution in [0.1, 0.15) is 22.2 Å². The Kier molecular flexibility index (Phi) is 5.75. The summed E-state index contributed by atoms with van der Waals surface area (Å²) in [5, 5.41) is 12.0. The van der Waals surface area contributed by atoms with E-state index < -0.39 is 29.3 Å². The van der Waals surface area contributed by atoms with Gasteiger partial charge < -0.3 is 14.3 Å². The van der Waals surface area contributed by atoms with Gasteiger partial charge in [-0.3, -0.25) is 14.5 Å². The number of methoxy groups -OCH3 is 1. The van der Waals surface area contributed by atoms with Crippen LogP contribution in [0.3, 0.4) is 0 Å². The lowest BCUT2D eigenvalue weighted by molar-refractivity contribution is -0.117. The number of halogens is 3. The van der Waals surface area contributed by atoms with Gasteiger partial charge in [0.1, 0.15) is 5.82 Å². The molecule has 0 fully saturated rings. The van der Waals surface area contributed by atoms with Crippen molar-refractivity contribution in [1.82, 2.24) is 0 Å². The molecule has 35 heavy (non-hydrogen) atoms. The van der Waals surface area contributed by atoms with Crippen molar-refractivity contribution in [2.75, 3.05) is 12.0 Å². The van der Waals surface area contributed by atoms with Gasteiger partial charge in [-0.05, 0) is 54.1 Å². The van der Waals surface area contributed by atoms with E-state index in [0.29, 0.717) is 22.3 Å². The van der Waals surface area contributed by atoms with E-state index >= 15 is 0 Å². The average Bonchev–Trinajstić information content (AvgIpc) is 3.40. The van der Waals surface area contributed by atoms with Crippen molar-refractivity contribution in [2.24, 2.45) is 0 Å². The zero-order valence-corrected chi connectivity index (χ0v) is 19.6. The number of furan rings is 1. The van der Waals surface area contributed by atoms with Crippen LogP contribution in [-0.4, -0.2) is 23.9 Å². The molecule has 1 unspecified atom stereocenters. The van der Waals surface area contributed by atoms with E-state index in [2.05, 4.69) is 0 Å². The second-order valence-corrected chi connectivity index (χ2v) is 8.62. The molecule has 9 heteroatoms. The molecule has 1 atom stereocenters. The van der Waals surface area contributed by atoms with Crippen molar-refractivity contribution in [3.63, 3.8) is 0 Å². The van der Waals surface area contributed by atoms with Gasteiger partial charge in [0.05, 0.1) is 28.8 Å². The summed E-state index contributed by atoms with van der Waals surface area (Å²) in [7, 11) is 1.48. The van der Waals surface area contributed by atoms with Gasteiger partial charge in [0, 0.05) is 11.1 Å². The molecule has 4 aromatic rings. The van der Waals surface area contributed by atoms with E-state index in [9.17, 15) is 19.1 Å². The number of carbonyl (C=O) groups excluding carboxylic acids is 2. The first kappa shape index (κ1) is 23.0. The van der Waals surface area contributed by atoms with Crippen molar-refractivity contribution in [3.05, 3.63) is 105 Å². The molecule has 0 radical (unpaired) electrons. The van der Waals surface area contributed by atoms with Gasteiger partial charge in [-0.1, -0.05) is 41.4 Å². The molecule has 1 N–H and O–H groups in total. The van der Waals surface area contributed by atoms with Gasteiger partial charge in [0.25, 0.3) is 5.91 Å². The zero-order valence-electron chi connectivity index (χ0n) is 18.1. The molecule has 6 nitrogen and oxygen atoms in total. The Balaban J connectivity index is 1.67. The maximum absolute atomic E-state index is 13.7. The number of nitrogens with zero attached hydrogens (tertiary/aromatic N) is 1. The lowest BCUT2D eigenvalue weighted by Gasteiger charge is -2.27. The summed E-state index contributed by atoms with van der Waals surface area (Å²) in [6.07, 6.45) is 0. The normalized spacial score (nSPS) is 15.8. The number of benzene rings is 3. The Hall–Kier alpha value is -3.81. The number of fused-ring (bicyclic) bond motifs is 1. The molecule has 0 bridgehead atoms. The Morgan fingerprint density at radius 1 is 1.06 bits per heavy atom. The molecule has 0 spiro atoms. The number of hydrogen-bond donors (Lipinski definition) is 1. The van der Waals surface area contributed by atoms with Crippen LogP contribution in [0.15, 0.2) is 82.5 Å². The second-order valence-electron chi connectivity index (χ2n) is 7.81. The number of rotatable bonds is 5. The largest absolute Gasteiger partial charge is 0.503 e. The van der Waals surface area contributed by atoms with Crippen LogP contribution in [-0.2, 0) is 4.79 Å². The minimum Gasteiger partial charge on any atom is -0.503 e. The molecule has 1 aromatic heterocycles. The molecule has 0 saturated heterocycles. The van der Waals surface area contributed by atoms with Gasteiger partial charge in [0.15, 0.2) is 22.9 Å². The number of anilines is 1. The second kappa shape index (κ2) is 8.76. The van der Waals surface area contributed by atoms with E-state index in [-0.39, 0.29) is 27.1 Å². The summed E-state index contributed by atoms with van der Waals surface area (Å²) in [6, 6.07) is 15.3. The van der Waals surface area contributed by atoms with E-state index in [0.717, 1.165) is 0 Å². The molecule has 1 aliphatic rings. The van der Waals surface area contributed by atoms with Crippen LogP contribution in [0, 0.1) is 5.82 Å². The molecule has 0 aliphatic carbocycles. The fourth-order valence-corrected chi connectivity index (χ4v) is 4.45. The highest BCUT2D eigenvalue weighted by molar-refractivity contribution is 6.42. The van der Waals surface area contributed by atoms with Gasteiger partial charge in [0.2, 0.25) is 5.78 Å². The Morgan fingerprint density at radius 3 is 2.49 bits per heavy atom. The van der Waals surface area contributed by atoms with Crippen molar-refractivity contribution < 1.29 is 28.2 Å². The fraction of sp³-hybridized carbons (Fsp3) is 0.0769. The number of amides is 1. The van der Waals surface area contributed by atoms with Gasteiger partial charge in [-0.15, -0.1) is 0 Å². The molecule has 3 aromatic carbocycles. The molecule has 1 amide bonds. The van der Waals surface area contributed by atoms with E-state index in [4.69, 9.17) is 32.4 Å². The number of Topliss-reactive ketones (excluding diaryl/α,β-unsaturated/α-hetero) is 1. The van der Waals surface area contributed by atoms with Crippen LogP contribution in [0.2, 0.25) is 10.0 Å². The minimum absolute atomic E-state index is 0.0927. The quantitative estimate of drug-likeness (QED) is 0.302. The number of carbonyl (C=O) groups is 2. The van der Waals surface area contributed by atoms with Gasteiger partial charge in [-0.25, -0.2) is 4.39 Å². The molecule has 5 rings (SSSR count). The maximum atomic E-state index is 13.7. The van der Waals surface area contributed by atoms with Crippen LogP contribution < -0.4 is 9.64 Å². The monoisotopic (exact) mass is 511 g/mol. The Morgan fingerprint density at radius 2 is 1.80 bits per heavy atom. The van der Waals surface area contributed by atoms with Crippen molar-refractivity contribution in [3.8, 4) is 5.75 Å². The molecular weight excluding hydrogens is 496 g/mol.